The molecule has 0 bridgehead atoms. The van der Waals surface area contributed by atoms with Gasteiger partial charge in [-0.05, 0) is 30.5 Å². The summed E-state index contributed by atoms with van der Waals surface area (Å²) >= 11 is 7.31. The molecule has 0 aliphatic carbocycles. The molecule has 0 aliphatic heterocycles. The highest BCUT2D eigenvalue weighted by Gasteiger charge is 2.08. The van der Waals surface area contributed by atoms with Gasteiger partial charge in [0, 0.05) is 22.9 Å². The summed E-state index contributed by atoms with van der Waals surface area (Å²) in [4.78, 5) is 11.8. The molecule has 23 heavy (non-hydrogen) atoms. The van der Waals surface area contributed by atoms with Crippen molar-refractivity contribution in [2.75, 3.05) is 12.3 Å². The number of thioether (sulfide) groups is 1. The van der Waals surface area contributed by atoms with Gasteiger partial charge >= 0.3 is 0 Å². The van der Waals surface area contributed by atoms with Crippen molar-refractivity contribution in [2.24, 2.45) is 0 Å². The number of benzene rings is 2. The van der Waals surface area contributed by atoms with Crippen molar-refractivity contribution >= 4 is 29.3 Å². The molecule has 0 unspecified atom stereocenters. The highest BCUT2D eigenvalue weighted by molar-refractivity contribution is 7.99. The minimum absolute atomic E-state index is 0.0319. The molecule has 0 heterocycles. The molecular formula is C18H19ClFNOS. The number of hydrogen-bond donors (Lipinski definition) is 1. The zero-order valence-corrected chi connectivity index (χ0v) is 14.3. The van der Waals surface area contributed by atoms with Crippen molar-refractivity contribution < 1.29 is 9.18 Å². The SMILES string of the molecule is O=C(CSCc1c(F)cccc1Cl)NCCCc1ccccc1. The molecule has 0 saturated heterocycles. The Labute approximate surface area is 145 Å². The second-order valence-corrected chi connectivity index (χ2v) is 6.52. The largest absolute Gasteiger partial charge is 0.355 e. The zero-order valence-electron chi connectivity index (χ0n) is 12.7. The van der Waals surface area contributed by atoms with Gasteiger partial charge in [-0.15, -0.1) is 11.8 Å². The molecule has 0 fully saturated rings. The van der Waals surface area contributed by atoms with E-state index in [1.807, 2.05) is 18.2 Å². The van der Waals surface area contributed by atoms with Crippen LogP contribution in [-0.2, 0) is 17.0 Å². The number of nitrogens with one attached hydrogen (secondary N) is 1. The molecule has 2 rings (SSSR count). The topological polar surface area (TPSA) is 29.1 Å². The van der Waals surface area contributed by atoms with Crippen molar-refractivity contribution in [2.45, 2.75) is 18.6 Å². The summed E-state index contributed by atoms with van der Waals surface area (Å²) in [6.07, 6.45) is 1.85. The quantitative estimate of drug-likeness (QED) is 0.711. The Morgan fingerprint density at radius 2 is 1.91 bits per heavy atom. The fourth-order valence-electron chi connectivity index (χ4n) is 2.13. The average molecular weight is 352 g/mol. The molecule has 0 saturated carbocycles. The molecule has 0 aromatic heterocycles. The Hall–Kier alpha value is -1.52. The number of rotatable bonds is 8. The summed E-state index contributed by atoms with van der Waals surface area (Å²) < 4.78 is 13.6. The molecule has 2 aromatic rings. The van der Waals surface area contributed by atoms with Crippen LogP contribution >= 0.6 is 23.4 Å². The lowest BCUT2D eigenvalue weighted by Gasteiger charge is -2.07. The Morgan fingerprint density at radius 3 is 2.65 bits per heavy atom. The second-order valence-electron chi connectivity index (χ2n) is 5.13. The number of halogens is 2. The smallest absolute Gasteiger partial charge is 0.230 e. The molecule has 0 atom stereocenters. The molecule has 5 heteroatoms. The number of carbonyl (C=O) groups excluding carboxylic acids is 1. The van der Waals surface area contributed by atoms with Crippen molar-refractivity contribution in [3.05, 3.63) is 70.5 Å². The van der Waals surface area contributed by atoms with Crippen LogP contribution in [0, 0.1) is 5.82 Å². The van der Waals surface area contributed by atoms with Crippen LogP contribution in [0.1, 0.15) is 17.5 Å². The highest BCUT2D eigenvalue weighted by Crippen LogP contribution is 2.23. The minimum Gasteiger partial charge on any atom is -0.355 e. The number of carbonyl (C=O) groups is 1. The van der Waals surface area contributed by atoms with Gasteiger partial charge in [0.25, 0.3) is 0 Å². The summed E-state index contributed by atoms with van der Waals surface area (Å²) in [5.41, 5.74) is 1.72. The predicted molar refractivity (Wildman–Crippen MR) is 95.3 cm³/mol. The zero-order chi connectivity index (χ0) is 16.5. The van der Waals surface area contributed by atoms with E-state index in [0.29, 0.717) is 28.6 Å². The van der Waals surface area contributed by atoms with Gasteiger partial charge in [-0.2, -0.15) is 0 Å². The third-order valence-corrected chi connectivity index (χ3v) is 4.66. The van der Waals surface area contributed by atoms with Gasteiger partial charge in [0.2, 0.25) is 5.91 Å². The van der Waals surface area contributed by atoms with Gasteiger partial charge in [-0.3, -0.25) is 4.79 Å². The van der Waals surface area contributed by atoms with E-state index in [1.54, 1.807) is 12.1 Å². The normalized spacial score (nSPS) is 10.5. The Bertz CT molecular complexity index is 616. The first-order valence-electron chi connectivity index (χ1n) is 7.48. The molecule has 2 nitrogen and oxygen atoms in total. The van der Waals surface area contributed by atoms with E-state index in [9.17, 15) is 9.18 Å². The van der Waals surface area contributed by atoms with Crippen LogP contribution in [0.25, 0.3) is 0 Å². The first-order chi connectivity index (χ1) is 11.2. The van der Waals surface area contributed by atoms with Crippen molar-refractivity contribution in [1.29, 1.82) is 0 Å². The highest BCUT2D eigenvalue weighted by atomic mass is 35.5. The lowest BCUT2D eigenvalue weighted by Crippen LogP contribution is -2.26. The van der Waals surface area contributed by atoms with Gasteiger partial charge in [0.1, 0.15) is 5.82 Å². The molecule has 2 aromatic carbocycles. The van der Waals surface area contributed by atoms with E-state index >= 15 is 0 Å². The number of aryl methyl sites for hydroxylation is 1. The van der Waals surface area contributed by atoms with Crippen molar-refractivity contribution in [3.63, 3.8) is 0 Å². The molecule has 122 valence electrons. The van der Waals surface area contributed by atoms with E-state index in [1.165, 1.54) is 23.4 Å². The van der Waals surface area contributed by atoms with Crippen LogP contribution in [0.5, 0.6) is 0 Å². The van der Waals surface area contributed by atoms with Crippen LogP contribution in [0.2, 0.25) is 5.02 Å². The summed E-state index contributed by atoms with van der Waals surface area (Å²) in [7, 11) is 0. The van der Waals surface area contributed by atoms with Gasteiger partial charge in [-0.1, -0.05) is 48.0 Å². The summed E-state index contributed by atoms with van der Waals surface area (Å²) in [6, 6.07) is 14.8. The van der Waals surface area contributed by atoms with E-state index in [4.69, 9.17) is 11.6 Å². The van der Waals surface area contributed by atoms with Crippen LogP contribution in [0.4, 0.5) is 4.39 Å². The lowest BCUT2D eigenvalue weighted by molar-refractivity contribution is -0.118. The Kier molecular flexibility index (Phi) is 7.43. The third-order valence-electron chi connectivity index (χ3n) is 3.35. The number of amides is 1. The maximum atomic E-state index is 13.6. The monoisotopic (exact) mass is 351 g/mol. The summed E-state index contributed by atoms with van der Waals surface area (Å²) in [5.74, 6) is 0.336. The third kappa shape index (κ3) is 6.24. The van der Waals surface area contributed by atoms with Crippen LogP contribution < -0.4 is 5.32 Å². The van der Waals surface area contributed by atoms with Gasteiger partial charge < -0.3 is 5.32 Å². The minimum atomic E-state index is -0.326. The molecule has 0 aliphatic rings. The van der Waals surface area contributed by atoms with Gasteiger partial charge in [-0.25, -0.2) is 4.39 Å². The number of hydrogen-bond acceptors (Lipinski definition) is 2. The molecular weight excluding hydrogens is 333 g/mol. The lowest BCUT2D eigenvalue weighted by atomic mass is 10.1. The summed E-state index contributed by atoms with van der Waals surface area (Å²) in [5, 5.41) is 3.29. The fourth-order valence-corrected chi connectivity index (χ4v) is 3.33. The summed E-state index contributed by atoms with van der Waals surface area (Å²) in [6.45, 7) is 0.648. The first-order valence-corrected chi connectivity index (χ1v) is 9.01. The molecule has 1 amide bonds. The van der Waals surface area contributed by atoms with Crippen molar-refractivity contribution in [3.8, 4) is 0 Å². The Morgan fingerprint density at radius 1 is 1.13 bits per heavy atom. The van der Waals surface area contributed by atoms with Crippen molar-refractivity contribution in [1.82, 2.24) is 5.32 Å². The fraction of sp³-hybridized carbons (Fsp3) is 0.278. The van der Waals surface area contributed by atoms with Crippen LogP contribution in [0.15, 0.2) is 48.5 Å². The van der Waals surface area contributed by atoms with E-state index in [2.05, 4.69) is 17.4 Å². The van der Waals surface area contributed by atoms with E-state index in [0.717, 1.165) is 12.8 Å². The second kappa shape index (κ2) is 9.58. The molecule has 0 spiro atoms. The first kappa shape index (κ1) is 17.8. The van der Waals surface area contributed by atoms with Crippen LogP contribution in [-0.4, -0.2) is 18.2 Å². The molecule has 0 radical (unpaired) electrons. The van der Waals surface area contributed by atoms with E-state index < -0.39 is 0 Å². The van der Waals surface area contributed by atoms with Gasteiger partial charge in [0.05, 0.1) is 5.75 Å². The van der Waals surface area contributed by atoms with Crippen LogP contribution in [0.3, 0.4) is 0 Å². The maximum Gasteiger partial charge on any atom is 0.230 e. The standard InChI is InChI=1S/C18H19ClFNOS/c19-16-9-4-10-17(20)15(16)12-23-13-18(22)21-11-5-8-14-6-2-1-3-7-14/h1-4,6-7,9-10H,5,8,11-13H2,(H,21,22). The van der Waals surface area contributed by atoms with Gasteiger partial charge in [0.15, 0.2) is 0 Å². The maximum absolute atomic E-state index is 13.6. The predicted octanol–water partition coefficient (Wildman–Crippen LogP) is 4.46. The average Bonchev–Trinajstić information content (AvgIpc) is 2.55. The Balaban J connectivity index is 1.62. The molecule has 1 N–H and O–H groups in total. The van der Waals surface area contributed by atoms with E-state index in [-0.39, 0.29) is 11.7 Å².